The maximum atomic E-state index is 0. The number of hydrogen-bond donors (Lipinski definition) is 0. The molecule has 29 valence electrons. The van der Waals surface area contributed by atoms with Crippen LogP contribution in [0.15, 0.2) is 0 Å². The van der Waals surface area contributed by atoms with Crippen LogP contribution in [0.25, 0.3) is 0 Å². The summed E-state index contributed by atoms with van der Waals surface area (Å²) < 4.78 is 0. The third kappa shape index (κ3) is 8.97. The molecule has 0 unspecified atom stereocenters. The molecule has 0 aliphatic carbocycles. The first-order valence-corrected chi connectivity index (χ1v) is 0. The molecule has 0 amide bonds. The molecule has 1 radical (unpaired) electrons. The van der Waals surface area contributed by atoms with Crippen LogP contribution in [0.3, 0.4) is 0 Å². The Morgan fingerprint density at radius 3 is 1.00 bits per heavy atom. The molecule has 0 heterocycles. The van der Waals surface area contributed by atoms with Gasteiger partial charge >= 0.3 is 45.5 Å². The van der Waals surface area contributed by atoms with Gasteiger partial charge in [0.1, 0.15) is 0 Å². The fourth-order valence-electron chi connectivity index (χ4n) is 0. The molecule has 0 rings (SSSR count). The van der Waals surface area contributed by atoms with E-state index in [0.29, 0.717) is 0 Å². The van der Waals surface area contributed by atoms with Crippen LogP contribution in [0, 0.1) is 38.2 Å². The Morgan fingerprint density at radius 1 is 1.00 bits per heavy atom. The maximum absolute atomic E-state index is 0. The molecule has 0 atom stereocenters. The van der Waals surface area contributed by atoms with Crippen molar-refractivity contribution in [2.75, 3.05) is 0 Å². The third-order valence-corrected chi connectivity index (χ3v) is 0. The van der Waals surface area contributed by atoms with E-state index in [-0.39, 0.29) is 106 Å². The summed E-state index contributed by atoms with van der Waals surface area (Å²) in [4.78, 5) is 0. The van der Waals surface area contributed by atoms with E-state index in [4.69, 9.17) is 0 Å². The zero-order valence-corrected chi connectivity index (χ0v) is 4.40. The van der Waals surface area contributed by atoms with Gasteiger partial charge in [-0.05, 0) is 0 Å². The Hall–Kier alpha value is 3.23. The van der Waals surface area contributed by atoms with E-state index in [1.54, 1.807) is 0 Å². The van der Waals surface area contributed by atoms with Gasteiger partial charge in [-0.15, -0.1) is 0 Å². The van der Waals surface area contributed by atoms with Crippen molar-refractivity contribution in [1.82, 2.24) is 0 Å². The summed E-state index contributed by atoms with van der Waals surface area (Å²) in [5, 5.41) is 0. The van der Waals surface area contributed by atoms with Crippen molar-refractivity contribution < 1.29 is 60.7 Å². The molecule has 0 spiro atoms. The van der Waals surface area contributed by atoms with Crippen molar-refractivity contribution in [2.45, 2.75) is 0 Å². The fraction of sp³-hybridized carbons (Fsp3) is 0. The van der Waals surface area contributed by atoms with Crippen LogP contribution in [0.1, 0.15) is 0 Å². The first-order valence-electron chi connectivity index (χ1n) is 0. The van der Waals surface area contributed by atoms with Gasteiger partial charge in [-0.2, -0.15) is 0 Å². The summed E-state index contributed by atoms with van der Waals surface area (Å²) in [6.45, 7) is 0. The van der Waals surface area contributed by atoms with Crippen molar-refractivity contribution in [3.05, 3.63) is 0 Å². The number of hydrogen-bond acceptors (Lipinski definition) is 0. The molecule has 0 aromatic carbocycles. The predicted octanol–water partition coefficient (Wildman–Crippen LogP) is -1.74. The van der Waals surface area contributed by atoms with Gasteiger partial charge in [0.25, 0.3) is 0 Å². The van der Waals surface area contributed by atoms with Crippen LogP contribution in [0.2, 0.25) is 0 Å². The number of rotatable bonds is 0. The SMILES string of the molecule is O.[Dy].[Mn].[SrH2]. The average Bonchev–Trinajstić information content (AvgIpc) is 0. The summed E-state index contributed by atoms with van der Waals surface area (Å²) in [7, 11) is 0. The Kier molecular flexibility index (Phi) is 110. The molecular formula is H4DyMnOSr. The fourth-order valence-corrected chi connectivity index (χ4v) is 0. The molecule has 4 heteroatoms. The van der Waals surface area contributed by atoms with Gasteiger partial charge in [0.15, 0.2) is 0 Å². The van der Waals surface area contributed by atoms with Crippen molar-refractivity contribution in [3.8, 4) is 0 Å². The van der Waals surface area contributed by atoms with Crippen molar-refractivity contribution in [3.63, 3.8) is 0 Å². The summed E-state index contributed by atoms with van der Waals surface area (Å²) in [6.07, 6.45) is 0. The van der Waals surface area contributed by atoms with E-state index in [0.717, 1.165) is 0 Å². The molecule has 0 saturated heterocycles. The summed E-state index contributed by atoms with van der Waals surface area (Å²) >= 11 is 0. The van der Waals surface area contributed by atoms with Gasteiger partial charge in [0.05, 0.1) is 0 Å². The van der Waals surface area contributed by atoms with Crippen LogP contribution in [0.5, 0.6) is 0 Å². The summed E-state index contributed by atoms with van der Waals surface area (Å²) in [5.74, 6) is 0. The van der Waals surface area contributed by atoms with Crippen molar-refractivity contribution in [2.24, 2.45) is 0 Å². The second kappa shape index (κ2) is 16.3. The second-order valence-electron chi connectivity index (χ2n) is 0. The minimum absolute atomic E-state index is 0. The van der Waals surface area contributed by atoms with Crippen LogP contribution in [-0.4, -0.2) is 51.0 Å². The van der Waals surface area contributed by atoms with Crippen LogP contribution < -0.4 is 0 Å². The van der Waals surface area contributed by atoms with Crippen LogP contribution in [-0.2, 0) is 17.1 Å². The average molecular weight is 325 g/mol. The molecular weight excluding hydrogens is 321 g/mol. The monoisotopic (exact) mass is 327 g/mol. The van der Waals surface area contributed by atoms with Gasteiger partial charge in [0, 0.05) is 55.2 Å². The topological polar surface area (TPSA) is 31.5 Å². The van der Waals surface area contributed by atoms with Crippen molar-refractivity contribution in [1.29, 1.82) is 0 Å². The van der Waals surface area contributed by atoms with E-state index in [2.05, 4.69) is 0 Å². The van der Waals surface area contributed by atoms with Gasteiger partial charge < -0.3 is 5.48 Å². The molecule has 0 aromatic heterocycles. The van der Waals surface area contributed by atoms with Gasteiger partial charge in [-0.3, -0.25) is 0 Å². The van der Waals surface area contributed by atoms with Crippen LogP contribution in [0.4, 0.5) is 0 Å². The molecule has 0 aliphatic rings. The summed E-state index contributed by atoms with van der Waals surface area (Å²) in [6, 6.07) is 0. The molecule has 4 heavy (non-hydrogen) atoms. The molecule has 2 N–H and O–H groups in total. The Labute approximate surface area is 103 Å². The molecule has 0 aromatic rings. The van der Waals surface area contributed by atoms with Gasteiger partial charge in [-0.25, -0.2) is 0 Å². The quantitative estimate of drug-likeness (QED) is 0.474. The zero-order valence-electron chi connectivity index (χ0n) is 1.19. The van der Waals surface area contributed by atoms with E-state index in [1.165, 1.54) is 0 Å². The molecule has 0 fully saturated rings. The minimum atomic E-state index is 0. The second-order valence-corrected chi connectivity index (χ2v) is 0. The Morgan fingerprint density at radius 2 is 1.00 bits per heavy atom. The van der Waals surface area contributed by atoms with E-state index in [9.17, 15) is 0 Å². The normalized spacial score (nSPS) is 0. The first-order chi connectivity index (χ1) is 0. The van der Waals surface area contributed by atoms with Crippen LogP contribution >= 0.6 is 0 Å². The standard InChI is InChI=1S/Dy.Mn.H2O.Sr.2H/h;;1H2;;;. The predicted molar refractivity (Wildman–Crippen MR) is 12.2 cm³/mol. The van der Waals surface area contributed by atoms with E-state index in [1.807, 2.05) is 0 Å². The molecule has 0 bridgehead atoms. The van der Waals surface area contributed by atoms with E-state index >= 15 is 0 Å². The first kappa shape index (κ1) is 26.9. The van der Waals surface area contributed by atoms with Gasteiger partial charge in [-0.1, -0.05) is 0 Å². The van der Waals surface area contributed by atoms with Gasteiger partial charge in [0.2, 0.25) is 0 Å². The zero-order chi connectivity index (χ0) is 0. The van der Waals surface area contributed by atoms with Crippen molar-refractivity contribution >= 4 is 45.5 Å². The summed E-state index contributed by atoms with van der Waals surface area (Å²) in [5.41, 5.74) is 0. The molecule has 0 aliphatic heterocycles. The third-order valence-electron chi connectivity index (χ3n) is 0. The molecule has 1 nitrogen and oxygen atoms in total. The van der Waals surface area contributed by atoms with E-state index < -0.39 is 0 Å². The Bertz CT molecular complexity index is 8.00. The molecule has 0 saturated carbocycles. The Balaban J connectivity index is 0.